The summed E-state index contributed by atoms with van der Waals surface area (Å²) in [7, 11) is -9.83. The van der Waals surface area contributed by atoms with Crippen LogP contribution in [0.4, 0.5) is 39.5 Å². The van der Waals surface area contributed by atoms with Gasteiger partial charge in [0.05, 0.1) is 6.61 Å². The summed E-state index contributed by atoms with van der Waals surface area (Å²) in [6, 6.07) is -0.894. The van der Waals surface area contributed by atoms with E-state index in [2.05, 4.69) is 6.58 Å². The minimum Gasteiger partial charge on any atom is -0.462 e. The van der Waals surface area contributed by atoms with Crippen molar-refractivity contribution in [2.75, 3.05) is 6.61 Å². The third-order valence-electron chi connectivity index (χ3n) is 5.61. The van der Waals surface area contributed by atoms with Crippen molar-refractivity contribution in [3.05, 3.63) is 12.2 Å². The number of ether oxygens (including phenoxy) is 1. The van der Waals surface area contributed by atoms with Crippen molar-refractivity contribution in [1.82, 2.24) is 0 Å². The molecule has 5 nitrogen and oxygen atoms in total. The molecule has 0 atom stereocenters. The fourth-order valence-electron chi connectivity index (χ4n) is 3.34. The standard InChI is InChI=1S/C22H41F9O5Si4/c1-17(18(32)33-12-8-13-37)22(34-38(2,3)14-9-19(23,24)25,35-39(4,5)15-10-20(26,27)28)36-40(6,7)16-11-21(29,30)31/h1,8-16H2,2-7,37H3. The van der Waals surface area contributed by atoms with Gasteiger partial charge in [0.25, 0.3) is 5.97 Å². The molecule has 0 aromatic rings. The maximum absolute atomic E-state index is 13.1. The van der Waals surface area contributed by atoms with Crippen molar-refractivity contribution < 1.29 is 62.3 Å². The summed E-state index contributed by atoms with van der Waals surface area (Å²) in [6.45, 7) is 11.7. The Bertz CT molecular complexity index is 750. The Morgan fingerprint density at radius 3 is 1.23 bits per heavy atom. The highest BCUT2D eigenvalue weighted by molar-refractivity contribution is 6.73. The summed E-state index contributed by atoms with van der Waals surface area (Å²) in [5.41, 5.74) is -0.673. The predicted octanol–water partition coefficient (Wildman–Crippen LogP) is 7.44. The molecule has 0 aromatic heterocycles. The van der Waals surface area contributed by atoms with Crippen molar-refractivity contribution >= 4 is 41.2 Å². The van der Waals surface area contributed by atoms with Gasteiger partial charge in [0.1, 0.15) is 5.57 Å². The van der Waals surface area contributed by atoms with Crippen LogP contribution < -0.4 is 0 Å². The summed E-state index contributed by atoms with van der Waals surface area (Å²) in [5, 5.41) is 0. The third-order valence-corrected chi connectivity index (χ3v) is 13.1. The zero-order chi connectivity index (χ0) is 31.8. The number of carbonyl (C=O) groups is 1. The Hall–Kier alpha value is -0.672. The third kappa shape index (κ3) is 17.3. The molecule has 0 spiro atoms. The van der Waals surface area contributed by atoms with Crippen molar-refractivity contribution in [2.45, 2.75) is 114 Å². The first-order valence-corrected chi connectivity index (χ1v) is 23.6. The van der Waals surface area contributed by atoms with Crippen molar-refractivity contribution in [3.8, 4) is 0 Å². The summed E-state index contributed by atoms with van der Waals surface area (Å²) in [6.07, 6.45) is -17.0. The SMILES string of the molecule is C=C(C(=O)OCCC[SiH3])C(O[Si](C)(C)CCC(F)(F)F)(O[Si](C)(C)CCC(F)(F)F)O[Si](C)(C)CCC(F)(F)F. The van der Waals surface area contributed by atoms with E-state index in [4.69, 9.17) is 18.0 Å². The van der Waals surface area contributed by atoms with Crippen LogP contribution in [0, 0.1) is 0 Å². The van der Waals surface area contributed by atoms with Crippen LogP contribution in [0.2, 0.25) is 63.5 Å². The quantitative estimate of drug-likeness (QED) is 0.0403. The largest absolute Gasteiger partial charge is 0.462 e. The molecular formula is C22H41F9O5Si4. The molecule has 40 heavy (non-hydrogen) atoms. The first-order valence-electron chi connectivity index (χ1n) is 12.8. The van der Waals surface area contributed by atoms with Gasteiger partial charge in [-0.2, -0.15) is 39.5 Å². The lowest BCUT2D eigenvalue weighted by Crippen LogP contribution is -2.59. The van der Waals surface area contributed by atoms with Gasteiger partial charge in [-0.15, -0.1) is 0 Å². The molecule has 0 aliphatic carbocycles. The Kier molecular flexibility index (Phi) is 14.4. The molecule has 0 saturated heterocycles. The van der Waals surface area contributed by atoms with Crippen molar-refractivity contribution in [3.63, 3.8) is 0 Å². The van der Waals surface area contributed by atoms with E-state index in [0.29, 0.717) is 6.42 Å². The van der Waals surface area contributed by atoms with Crippen LogP contribution in [0.15, 0.2) is 12.2 Å². The minimum atomic E-state index is -4.57. The van der Waals surface area contributed by atoms with Gasteiger partial charge in [0.2, 0.25) is 0 Å². The van der Waals surface area contributed by atoms with Gasteiger partial charge in [-0.05, 0) is 63.8 Å². The van der Waals surface area contributed by atoms with Gasteiger partial charge >= 0.3 is 24.5 Å². The fraction of sp³-hybridized carbons (Fsp3) is 0.864. The highest BCUT2D eigenvalue weighted by Gasteiger charge is 2.54. The van der Waals surface area contributed by atoms with E-state index in [1.54, 1.807) is 0 Å². The Labute approximate surface area is 236 Å². The van der Waals surface area contributed by atoms with E-state index >= 15 is 0 Å². The molecule has 0 radical (unpaired) electrons. The van der Waals surface area contributed by atoms with Crippen LogP contribution in [0.1, 0.15) is 25.7 Å². The second-order valence-corrected chi connectivity index (χ2v) is 25.1. The summed E-state index contributed by atoms with van der Waals surface area (Å²) in [4.78, 5) is 13.0. The minimum absolute atomic E-state index is 0.0594. The normalized spacial score (nSPS) is 14.5. The summed E-state index contributed by atoms with van der Waals surface area (Å²) in [5.74, 6) is -3.85. The average Bonchev–Trinajstić information content (AvgIpc) is 2.72. The van der Waals surface area contributed by atoms with Crippen LogP contribution >= 0.6 is 0 Å². The Morgan fingerprint density at radius 1 is 0.675 bits per heavy atom. The first-order chi connectivity index (χ1) is 17.6. The van der Waals surface area contributed by atoms with Crippen LogP contribution in [0.3, 0.4) is 0 Å². The lowest BCUT2D eigenvalue weighted by Gasteiger charge is -2.47. The van der Waals surface area contributed by atoms with Crippen LogP contribution in [-0.4, -0.2) is 72.3 Å². The number of alkyl halides is 9. The molecule has 0 fully saturated rings. The monoisotopic (exact) mass is 668 g/mol. The summed E-state index contributed by atoms with van der Waals surface area (Å²) < 4.78 is 141. The van der Waals surface area contributed by atoms with Gasteiger partial charge in [0.15, 0.2) is 25.0 Å². The highest BCUT2D eigenvalue weighted by atomic mass is 28.4. The van der Waals surface area contributed by atoms with Gasteiger partial charge in [0, 0.05) is 29.5 Å². The molecule has 0 heterocycles. The molecule has 18 heteroatoms. The van der Waals surface area contributed by atoms with Gasteiger partial charge in [-0.25, -0.2) is 4.79 Å². The molecular weight excluding hydrogens is 628 g/mol. The van der Waals surface area contributed by atoms with E-state index in [0.717, 1.165) is 16.3 Å². The maximum Gasteiger partial charge on any atom is 0.388 e. The molecule has 0 aliphatic rings. The summed E-state index contributed by atoms with van der Waals surface area (Å²) >= 11 is 0. The number of esters is 1. The Morgan fingerprint density at radius 2 is 0.975 bits per heavy atom. The molecule has 0 aromatic carbocycles. The van der Waals surface area contributed by atoms with Gasteiger partial charge < -0.3 is 18.0 Å². The lowest BCUT2D eigenvalue weighted by atomic mass is 10.2. The smallest absolute Gasteiger partial charge is 0.388 e. The highest BCUT2D eigenvalue weighted by Crippen LogP contribution is 2.41. The number of hydrogen-bond donors (Lipinski definition) is 0. The van der Waals surface area contributed by atoms with E-state index in [1.165, 1.54) is 39.3 Å². The number of carbonyl (C=O) groups excluding carboxylic acids is 1. The van der Waals surface area contributed by atoms with E-state index in [1.807, 2.05) is 0 Å². The predicted molar refractivity (Wildman–Crippen MR) is 144 cm³/mol. The first kappa shape index (κ1) is 39.3. The molecule has 0 amide bonds. The van der Waals surface area contributed by atoms with E-state index in [-0.39, 0.29) is 6.61 Å². The van der Waals surface area contributed by atoms with Gasteiger partial charge in [-0.3, -0.25) is 0 Å². The molecule has 0 saturated carbocycles. The number of rotatable bonds is 17. The second kappa shape index (κ2) is 14.7. The zero-order valence-electron chi connectivity index (χ0n) is 24.0. The molecule has 0 rings (SSSR count). The van der Waals surface area contributed by atoms with E-state index < -0.39 is 98.4 Å². The molecule has 0 bridgehead atoms. The Balaban J connectivity index is 6.78. The lowest BCUT2D eigenvalue weighted by molar-refractivity contribution is -0.245. The van der Waals surface area contributed by atoms with Crippen LogP contribution in [-0.2, 0) is 22.8 Å². The van der Waals surface area contributed by atoms with Crippen molar-refractivity contribution in [2.24, 2.45) is 0 Å². The van der Waals surface area contributed by atoms with Crippen molar-refractivity contribution in [1.29, 1.82) is 0 Å². The van der Waals surface area contributed by atoms with Crippen LogP contribution in [0.5, 0.6) is 0 Å². The van der Waals surface area contributed by atoms with Gasteiger partial charge in [-0.1, -0.05) is 12.6 Å². The van der Waals surface area contributed by atoms with E-state index in [9.17, 15) is 44.3 Å². The maximum atomic E-state index is 13.1. The zero-order valence-corrected chi connectivity index (χ0v) is 29.0. The number of halogens is 9. The average molecular weight is 669 g/mol. The molecule has 0 aliphatic heterocycles. The molecule has 0 unspecified atom stereocenters. The fourth-order valence-corrected chi connectivity index (χ4v) is 9.64. The van der Waals surface area contributed by atoms with Crippen LogP contribution in [0.25, 0.3) is 0 Å². The number of hydrogen-bond acceptors (Lipinski definition) is 5. The molecule has 0 N–H and O–H groups in total. The topological polar surface area (TPSA) is 54.0 Å². The molecule has 238 valence electrons. The second-order valence-electron chi connectivity index (χ2n) is 11.5.